The quantitative estimate of drug-likeness (QED) is 0.741. The largest absolute Gasteiger partial charge is 0.454 e. The van der Waals surface area contributed by atoms with Crippen LogP contribution in [-0.4, -0.2) is 55.0 Å². The van der Waals surface area contributed by atoms with Gasteiger partial charge in [-0.05, 0) is 61.3 Å². The number of likely N-dealkylation sites (tertiary alicyclic amines) is 1. The number of unbranched alkanes of at least 4 members (excludes halogenated alkanes) is 1. The summed E-state index contributed by atoms with van der Waals surface area (Å²) in [5.74, 6) is 2.29. The van der Waals surface area contributed by atoms with Crippen LogP contribution in [0.1, 0.15) is 56.2 Å². The van der Waals surface area contributed by atoms with Gasteiger partial charge in [-0.3, -0.25) is 4.90 Å². The third-order valence-electron chi connectivity index (χ3n) is 6.91. The topological polar surface area (TPSA) is 51.2 Å². The summed E-state index contributed by atoms with van der Waals surface area (Å²) in [5.41, 5.74) is 2.73. The minimum atomic E-state index is -0.113. The van der Waals surface area contributed by atoms with Crippen LogP contribution in [0.25, 0.3) is 0 Å². The number of ether oxygens (including phenoxy) is 3. The number of piperidine rings is 2. The van der Waals surface area contributed by atoms with Gasteiger partial charge in [0.2, 0.25) is 6.79 Å². The van der Waals surface area contributed by atoms with Gasteiger partial charge in [-0.25, -0.2) is 4.79 Å². The zero-order chi connectivity index (χ0) is 19.1. The van der Waals surface area contributed by atoms with Crippen LogP contribution in [0.2, 0.25) is 0 Å². The van der Waals surface area contributed by atoms with Crippen molar-refractivity contribution < 1.29 is 19.0 Å². The third kappa shape index (κ3) is 3.11. The van der Waals surface area contributed by atoms with E-state index < -0.39 is 0 Å². The molecule has 0 bridgehead atoms. The van der Waals surface area contributed by atoms with E-state index in [4.69, 9.17) is 14.2 Å². The summed E-state index contributed by atoms with van der Waals surface area (Å²) in [6.45, 7) is 5.95. The summed E-state index contributed by atoms with van der Waals surface area (Å²) in [6.07, 6.45) is 6.20. The molecule has 1 aromatic carbocycles. The van der Waals surface area contributed by atoms with Crippen molar-refractivity contribution in [2.75, 3.05) is 33.0 Å². The van der Waals surface area contributed by atoms with Gasteiger partial charge < -0.3 is 19.1 Å². The van der Waals surface area contributed by atoms with E-state index in [-0.39, 0.29) is 12.1 Å². The lowest BCUT2D eigenvalue weighted by atomic mass is 9.76. The zero-order valence-electron chi connectivity index (χ0n) is 16.7. The molecule has 4 aliphatic heterocycles. The molecule has 4 aliphatic rings. The second-order valence-corrected chi connectivity index (χ2v) is 8.53. The van der Waals surface area contributed by atoms with Gasteiger partial charge >= 0.3 is 6.09 Å². The Kier molecular flexibility index (Phi) is 4.83. The number of benzene rings is 1. The number of carbonyl (C=O) groups is 1. The van der Waals surface area contributed by atoms with Crippen LogP contribution in [0.4, 0.5) is 4.79 Å². The molecule has 1 aromatic rings. The van der Waals surface area contributed by atoms with Crippen molar-refractivity contribution in [3.05, 3.63) is 23.3 Å². The molecule has 3 unspecified atom stereocenters. The number of nitrogens with zero attached hydrogens (tertiary/aromatic N) is 2. The highest BCUT2D eigenvalue weighted by atomic mass is 16.7. The molecule has 6 nitrogen and oxygen atoms in total. The fraction of sp³-hybridized carbons (Fsp3) is 0.682. The molecule has 152 valence electrons. The highest BCUT2D eigenvalue weighted by molar-refractivity contribution is 5.68. The van der Waals surface area contributed by atoms with Gasteiger partial charge in [0.25, 0.3) is 0 Å². The minimum absolute atomic E-state index is 0.113. The van der Waals surface area contributed by atoms with Crippen LogP contribution in [0.3, 0.4) is 0 Å². The fourth-order valence-corrected chi connectivity index (χ4v) is 5.45. The molecule has 0 aliphatic carbocycles. The van der Waals surface area contributed by atoms with E-state index >= 15 is 0 Å². The first-order chi connectivity index (χ1) is 13.7. The number of hydrogen-bond donors (Lipinski definition) is 0. The Hall–Kier alpha value is -1.95. The summed E-state index contributed by atoms with van der Waals surface area (Å²) in [7, 11) is 0. The van der Waals surface area contributed by atoms with Crippen molar-refractivity contribution in [1.29, 1.82) is 0 Å². The lowest BCUT2D eigenvalue weighted by molar-refractivity contribution is -0.0125. The van der Waals surface area contributed by atoms with Gasteiger partial charge in [-0.1, -0.05) is 13.3 Å². The first kappa shape index (κ1) is 18.1. The highest BCUT2D eigenvalue weighted by Gasteiger charge is 2.44. The monoisotopic (exact) mass is 386 g/mol. The molecule has 1 amide bonds. The fourth-order valence-electron chi connectivity index (χ4n) is 5.45. The van der Waals surface area contributed by atoms with Gasteiger partial charge in [0.05, 0.1) is 6.61 Å². The maximum absolute atomic E-state index is 12.7. The Morgan fingerprint density at radius 3 is 2.96 bits per heavy atom. The summed E-state index contributed by atoms with van der Waals surface area (Å²) in [4.78, 5) is 17.4. The summed E-state index contributed by atoms with van der Waals surface area (Å²) in [6, 6.07) is 4.98. The summed E-state index contributed by atoms with van der Waals surface area (Å²) >= 11 is 0. The van der Waals surface area contributed by atoms with Crippen LogP contribution >= 0.6 is 0 Å². The van der Waals surface area contributed by atoms with Crippen molar-refractivity contribution in [2.24, 2.45) is 5.92 Å². The number of carbonyl (C=O) groups excluding carboxylic acids is 1. The molecule has 0 radical (unpaired) electrons. The molecule has 5 rings (SSSR count). The van der Waals surface area contributed by atoms with E-state index in [1.807, 2.05) is 4.90 Å². The van der Waals surface area contributed by atoms with Crippen LogP contribution in [0.15, 0.2) is 12.1 Å². The van der Waals surface area contributed by atoms with Crippen molar-refractivity contribution in [3.8, 4) is 11.5 Å². The number of hydrogen-bond acceptors (Lipinski definition) is 5. The predicted octanol–water partition coefficient (Wildman–Crippen LogP) is 3.74. The first-order valence-electron chi connectivity index (χ1n) is 10.8. The molecular weight excluding hydrogens is 356 g/mol. The molecule has 4 heterocycles. The number of rotatable bonds is 3. The normalized spacial score (nSPS) is 28.3. The number of fused-ring (bicyclic) bond motifs is 5. The van der Waals surface area contributed by atoms with E-state index in [1.165, 1.54) is 17.5 Å². The van der Waals surface area contributed by atoms with Crippen molar-refractivity contribution in [1.82, 2.24) is 9.80 Å². The van der Waals surface area contributed by atoms with Crippen molar-refractivity contribution >= 4 is 6.09 Å². The van der Waals surface area contributed by atoms with Crippen LogP contribution in [0, 0.1) is 5.92 Å². The lowest BCUT2D eigenvalue weighted by Gasteiger charge is -2.51. The Morgan fingerprint density at radius 2 is 2.11 bits per heavy atom. The molecule has 2 saturated heterocycles. The molecule has 0 aromatic heterocycles. The third-order valence-corrected chi connectivity index (χ3v) is 6.91. The Labute approximate surface area is 166 Å². The van der Waals surface area contributed by atoms with Gasteiger partial charge in [0.15, 0.2) is 11.5 Å². The van der Waals surface area contributed by atoms with Crippen molar-refractivity contribution in [2.45, 2.75) is 57.5 Å². The average molecular weight is 386 g/mol. The lowest BCUT2D eigenvalue weighted by Crippen LogP contribution is -2.57. The van der Waals surface area contributed by atoms with Crippen LogP contribution in [0.5, 0.6) is 11.5 Å². The highest BCUT2D eigenvalue weighted by Crippen LogP contribution is 2.46. The van der Waals surface area contributed by atoms with Crippen molar-refractivity contribution in [3.63, 3.8) is 0 Å². The molecule has 28 heavy (non-hydrogen) atoms. The standard InChI is InChI=1S/C22H30N2O4/c1-2-3-9-26-22(25)24-7-4-5-16-13-23-8-6-15-10-20-21(28-14-27-20)11-17(15)19(23)12-18(16)24/h10-11,16,18-19H,2-9,12-14H2,1H3. The smallest absolute Gasteiger partial charge is 0.410 e. The van der Waals surface area contributed by atoms with E-state index in [0.29, 0.717) is 25.4 Å². The average Bonchev–Trinajstić information content (AvgIpc) is 3.18. The van der Waals surface area contributed by atoms with Crippen LogP contribution < -0.4 is 9.47 Å². The van der Waals surface area contributed by atoms with E-state index in [0.717, 1.165) is 63.2 Å². The van der Waals surface area contributed by atoms with Gasteiger partial charge in [-0.15, -0.1) is 0 Å². The molecule has 2 fully saturated rings. The van der Waals surface area contributed by atoms with Gasteiger partial charge in [0, 0.05) is 31.7 Å². The molecular formula is C22H30N2O4. The van der Waals surface area contributed by atoms with E-state index in [2.05, 4.69) is 24.0 Å². The Morgan fingerprint density at radius 1 is 1.25 bits per heavy atom. The maximum atomic E-state index is 12.7. The Bertz CT molecular complexity index is 752. The first-order valence-corrected chi connectivity index (χ1v) is 10.8. The summed E-state index contributed by atoms with van der Waals surface area (Å²) < 4.78 is 16.8. The Balaban J connectivity index is 1.38. The van der Waals surface area contributed by atoms with Crippen LogP contribution in [-0.2, 0) is 11.2 Å². The molecule has 0 saturated carbocycles. The molecule has 6 heteroatoms. The second-order valence-electron chi connectivity index (χ2n) is 8.53. The van der Waals surface area contributed by atoms with E-state index in [1.54, 1.807) is 0 Å². The van der Waals surface area contributed by atoms with Gasteiger partial charge in [-0.2, -0.15) is 0 Å². The second kappa shape index (κ2) is 7.47. The predicted molar refractivity (Wildman–Crippen MR) is 105 cm³/mol. The summed E-state index contributed by atoms with van der Waals surface area (Å²) in [5, 5.41) is 0. The zero-order valence-corrected chi connectivity index (χ0v) is 16.7. The number of amides is 1. The minimum Gasteiger partial charge on any atom is -0.454 e. The van der Waals surface area contributed by atoms with Gasteiger partial charge in [0.1, 0.15) is 0 Å². The maximum Gasteiger partial charge on any atom is 0.410 e. The molecule has 0 N–H and O–H groups in total. The molecule has 0 spiro atoms. The SMILES string of the molecule is CCCCOC(=O)N1CCCC2CN3CCc4cc5c(cc4C3CC21)OCO5. The van der Waals surface area contributed by atoms with E-state index in [9.17, 15) is 4.79 Å². The molecule has 3 atom stereocenters.